The predicted octanol–water partition coefficient (Wildman–Crippen LogP) is 1.52. The van der Waals surface area contributed by atoms with Gasteiger partial charge in [0.25, 0.3) is 5.91 Å². The molecule has 0 atom stereocenters. The molecular formula is C9H8F3NO2. The zero-order chi connectivity index (χ0) is 11.7. The normalized spacial score (nSPS) is 10.2. The summed E-state index contributed by atoms with van der Waals surface area (Å²) >= 11 is 0. The van der Waals surface area contributed by atoms with E-state index in [-0.39, 0.29) is 0 Å². The fourth-order valence-electron chi connectivity index (χ4n) is 1.16. The second kappa shape index (κ2) is 3.80. The standard InChI is InChI=1S/C9H8F3NO2/c1-3-5(10)4(9(13)14)7(12)8(15-2)6(3)11/h1-2H3,(H2,13,14). The maximum absolute atomic E-state index is 13.3. The maximum atomic E-state index is 13.3. The lowest BCUT2D eigenvalue weighted by Gasteiger charge is -2.10. The molecule has 0 aliphatic carbocycles. The van der Waals surface area contributed by atoms with Crippen molar-refractivity contribution in [2.24, 2.45) is 5.73 Å². The minimum atomic E-state index is -1.43. The highest BCUT2D eigenvalue weighted by Gasteiger charge is 2.26. The van der Waals surface area contributed by atoms with Crippen LogP contribution in [0.4, 0.5) is 13.2 Å². The highest BCUT2D eigenvalue weighted by molar-refractivity contribution is 5.94. The number of methoxy groups -OCH3 is 1. The van der Waals surface area contributed by atoms with Gasteiger partial charge >= 0.3 is 0 Å². The number of hydrogen-bond donors (Lipinski definition) is 1. The lowest BCUT2D eigenvalue weighted by molar-refractivity contribution is 0.0991. The summed E-state index contributed by atoms with van der Waals surface area (Å²) in [4.78, 5) is 10.7. The summed E-state index contributed by atoms with van der Waals surface area (Å²) < 4.78 is 44.2. The smallest absolute Gasteiger partial charge is 0.254 e. The van der Waals surface area contributed by atoms with E-state index < -0.39 is 40.2 Å². The van der Waals surface area contributed by atoms with E-state index in [1.54, 1.807) is 0 Å². The zero-order valence-corrected chi connectivity index (χ0v) is 8.03. The Morgan fingerprint density at radius 2 is 1.73 bits per heavy atom. The van der Waals surface area contributed by atoms with E-state index in [2.05, 4.69) is 4.74 Å². The predicted molar refractivity (Wildman–Crippen MR) is 46.1 cm³/mol. The molecule has 0 saturated heterocycles. The van der Waals surface area contributed by atoms with E-state index in [9.17, 15) is 18.0 Å². The molecule has 15 heavy (non-hydrogen) atoms. The summed E-state index contributed by atoms with van der Waals surface area (Å²) in [6.07, 6.45) is 0. The number of carbonyl (C=O) groups is 1. The van der Waals surface area contributed by atoms with Crippen LogP contribution >= 0.6 is 0 Å². The number of rotatable bonds is 2. The van der Waals surface area contributed by atoms with Crippen LogP contribution in [0.15, 0.2) is 0 Å². The molecule has 1 amide bonds. The zero-order valence-electron chi connectivity index (χ0n) is 8.03. The fourth-order valence-corrected chi connectivity index (χ4v) is 1.16. The first-order valence-electron chi connectivity index (χ1n) is 3.92. The molecule has 0 heterocycles. The Hall–Kier alpha value is -1.72. The largest absolute Gasteiger partial charge is 0.491 e. The van der Waals surface area contributed by atoms with Gasteiger partial charge in [-0.2, -0.15) is 0 Å². The summed E-state index contributed by atoms with van der Waals surface area (Å²) in [5.74, 6) is -6.05. The van der Waals surface area contributed by atoms with Crippen molar-refractivity contribution in [1.29, 1.82) is 0 Å². The lowest BCUT2D eigenvalue weighted by Crippen LogP contribution is -2.18. The van der Waals surface area contributed by atoms with Crippen molar-refractivity contribution < 1.29 is 22.7 Å². The first-order valence-corrected chi connectivity index (χ1v) is 3.92. The molecule has 1 aromatic rings. The van der Waals surface area contributed by atoms with Crippen molar-refractivity contribution in [3.63, 3.8) is 0 Å². The quantitative estimate of drug-likeness (QED) is 0.819. The number of amides is 1. The van der Waals surface area contributed by atoms with Gasteiger partial charge in [-0.25, -0.2) is 13.2 Å². The molecule has 1 rings (SSSR count). The minimum Gasteiger partial charge on any atom is -0.491 e. The number of nitrogens with two attached hydrogens (primary N) is 1. The maximum Gasteiger partial charge on any atom is 0.254 e. The Labute approximate surface area is 83.6 Å². The van der Waals surface area contributed by atoms with Gasteiger partial charge in [0, 0.05) is 5.56 Å². The van der Waals surface area contributed by atoms with Crippen LogP contribution in [0.2, 0.25) is 0 Å². The SMILES string of the molecule is COc1c(F)c(C)c(F)c(C(N)=O)c1F. The summed E-state index contributed by atoms with van der Waals surface area (Å²) in [6, 6.07) is 0. The average molecular weight is 219 g/mol. The first kappa shape index (κ1) is 11.4. The minimum absolute atomic E-state index is 0.512. The van der Waals surface area contributed by atoms with Crippen molar-refractivity contribution >= 4 is 5.91 Å². The van der Waals surface area contributed by atoms with Gasteiger partial charge < -0.3 is 10.5 Å². The van der Waals surface area contributed by atoms with Gasteiger partial charge in [-0.3, -0.25) is 4.79 Å². The third-order valence-corrected chi connectivity index (χ3v) is 1.95. The van der Waals surface area contributed by atoms with E-state index in [1.165, 1.54) is 0 Å². The van der Waals surface area contributed by atoms with E-state index in [1.807, 2.05) is 0 Å². The Morgan fingerprint density at radius 1 is 1.20 bits per heavy atom. The highest BCUT2D eigenvalue weighted by atomic mass is 19.1. The Balaban J connectivity index is 3.68. The van der Waals surface area contributed by atoms with Crippen LogP contribution in [0.5, 0.6) is 5.75 Å². The van der Waals surface area contributed by atoms with E-state index >= 15 is 0 Å². The van der Waals surface area contributed by atoms with Gasteiger partial charge in [0.05, 0.1) is 7.11 Å². The van der Waals surface area contributed by atoms with Gasteiger partial charge in [0.15, 0.2) is 17.4 Å². The molecule has 2 N–H and O–H groups in total. The summed E-state index contributed by atoms with van der Waals surface area (Å²) in [5.41, 5.74) is 3.25. The molecule has 1 aromatic carbocycles. The molecule has 0 aromatic heterocycles. The number of hydrogen-bond acceptors (Lipinski definition) is 2. The van der Waals surface area contributed by atoms with Crippen LogP contribution in [-0.2, 0) is 0 Å². The summed E-state index contributed by atoms with van der Waals surface area (Å²) in [6.45, 7) is 1.05. The van der Waals surface area contributed by atoms with Crippen LogP contribution in [0.1, 0.15) is 15.9 Å². The molecular weight excluding hydrogens is 211 g/mol. The Bertz CT molecular complexity index is 432. The first-order chi connectivity index (χ1) is 6.91. The van der Waals surface area contributed by atoms with Crippen LogP contribution in [0.3, 0.4) is 0 Å². The average Bonchev–Trinajstić information content (AvgIpc) is 2.15. The summed E-state index contributed by atoms with van der Waals surface area (Å²) in [5, 5.41) is 0. The lowest BCUT2D eigenvalue weighted by atomic mass is 10.1. The molecule has 0 aliphatic heterocycles. The van der Waals surface area contributed by atoms with Crippen molar-refractivity contribution in [3.05, 3.63) is 28.6 Å². The topological polar surface area (TPSA) is 52.3 Å². The van der Waals surface area contributed by atoms with Crippen LogP contribution in [0.25, 0.3) is 0 Å². The molecule has 0 aliphatic rings. The third-order valence-electron chi connectivity index (χ3n) is 1.95. The molecule has 6 heteroatoms. The van der Waals surface area contributed by atoms with Crippen LogP contribution in [0, 0.1) is 24.4 Å². The molecule has 3 nitrogen and oxygen atoms in total. The van der Waals surface area contributed by atoms with Crippen molar-refractivity contribution in [3.8, 4) is 5.75 Å². The number of primary amides is 1. The number of carbonyl (C=O) groups excluding carboxylic acids is 1. The number of halogens is 3. The van der Waals surface area contributed by atoms with Gasteiger partial charge in [-0.05, 0) is 6.92 Å². The molecule has 0 fully saturated rings. The molecule has 0 saturated carbocycles. The molecule has 0 radical (unpaired) electrons. The van der Waals surface area contributed by atoms with E-state index in [0.29, 0.717) is 0 Å². The van der Waals surface area contributed by atoms with Crippen molar-refractivity contribution in [1.82, 2.24) is 0 Å². The Morgan fingerprint density at radius 3 is 2.13 bits per heavy atom. The highest BCUT2D eigenvalue weighted by Crippen LogP contribution is 2.29. The monoisotopic (exact) mass is 219 g/mol. The fraction of sp³-hybridized carbons (Fsp3) is 0.222. The molecule has 0 spiro atoms. The van der Waals surface area contributed by atoms with E-state index in [4.69, 9.17) is 5.73 Å². The number of ether oxygens (including phenoxy) is 1. The van der Waals surface area contributed by atoms with Gasteiger partial charge in [0.1, 0.15) is 11.4 Å². The second-order valence-electron chi connectivity index (χ2n) is 2.84. The van der Waals surface area contributed by atoms with Crippen molar-refractivity contribution in [2.75, 3.05) is 7.11 Å². The van der Waals surface area contributed by atoms with Crippen LogP contribution < -0.4 is 10.5 Å². The number of benzene rings is 1. The Kier molecular flexibility index (Phi) is 2.88. The van der Waals surface area contributed by atoms with E-state index in [0.717, 1.165) is 14.0 Å². The van der Waals surface area contributed by atoms with Gasteiger partial charge in [0.2, 0.25) is 0 Å². The van der Waals surface area contributed by atoms with Gasteiger partial charge in [-0.1, -0.05) is 0 Å². The van der Waals surface area contributed by atoms with Crippen LogP contribution in [-0.4, -0.2) is 13.0 Å². The summed E-state index contributed by atoms with van der Waals surface area (Å²) in [7, 11) is 1.00. The molecule has 0 unspecified atom stereocenters. The molecule has 82 valence electrons. The molecule has 0 bridgehead atoms. The third kappa shape index (κ3) is 1.62. The van der Waals surface area contributed by atoms with Gasteiger partial charge in [-0.15, -0.1) is 0 Å². The second-order valence-corrected chi connectivity index (χ2v) is 2.84. The van der Waals surface area contributed by atoms with Crippen molar-refractivity contribution in [2.45, 2.75) is 6.92 Å².